The lowest BCUT2D eigenvalue weighted by atomic mass is 9.83. The number of hydrogen-bond acceptors (Lipinski definition) is 2. The maximum Gasteiger partial charge on any atom is 0.157 e. The zero-order valence-corrected chi connectivity index (χ0v) is 8.72. The van der Waals surface area contributed by atoms with Gasteiger partial charge in [-0.15, -0.1) is 0 Å². The molecule has 0 aromatic heterocycles. The number of Topliss-reactive ketones (excluding diaryl/α,β-unsaturated/α-hetero) is 1. The first-order valence-electron chi connectivity index (χ1n) is 5.17. The van der Waals surface area contributed by atoms with Crippen LogP contribution in [0.1, 0.15) is 25.3 Å². The average molecular weight is 207 g/mol. The van der Waals surface area contributed by atoms with E-state index in [-0.39, 0.29) is 11.6 Å². The lowest BCUT2D eigenvalue weighted by molar-refractivity contribution is -0.126. The molecule has 1 aromatic rings. The van der Waals surface area contributed by atoms with E-state index in [0.29, 0.717) is 6.42 Å². The highest BCUT2D eigenvalue weighted by atomic mass is 19.1. The summed E-state index contributed by atoms with van der Waals surface area (Å²) in [5, 5.41) is 3.21. The Balaban J connectivity index is 2.35. The molecule has 1 fully saturated rings. The Labute approximate surface area is 88.5 Å². The molecule has 1 unspecified atom stereocenters. The molecule has 1 aliphatic heterocycles. The molecule has 0 aliphatic carbocycles. The van der Waals surface area contributed by atoms with Crippen LogP contribution in [0.5, 0.6) is 0 Å². The number of benzene rings is 1. The van der Waals surface area contributed by atoms with E-state index < -0.39 is 5.54 Å². The van der Waals surface area contributed by atoms with Crippen molar-refractivity contribution in [2.75, 3.05) is 6.54 Å². The van der Waals surface area contributed by atoms with Crippen LogP contribution in [-0.2, 0) is 10.3 Å². The number of piperidine rings is 1. The number of hydrogen-bond donors (Lipinski definition) is 1. The molecular formula is C12H14FNO. The highest BCUT2D eigenvalue weighted by molar-refractivity contribution is 5.89. The molecule has 1 saturated heterocycles. The van der Waals surface area contributed by atoms with E-state index in [1.807, 2.05) is 6.92 Å². The number of carbonyl (C=O) groups is 1. The topological polar surface area (TPSA) is 29.1 Å². The van der Waals surface area contributed by atoms with Gasteiger partial charge in [-0.3, -0.25) is 4.79 Å². The second-order valence-electron chi connectivity index (χ2n) is 4.09. The third-order valence-corrected chi connectivity index (χ3v) is 3.04. The highest BCUT2D eigenvalue weighted by Gasteiger charge is 2.36. The quantitative estimate of drug-likeness (QED) is 0.763. The minimum Gasteiger partial charge on any atom is -0.301 e. The van der Waals surface area contributed by atoms with Gasteiger partial charge in [-0.05, 0) is 37.6 Å². The summed E-state index contributed by atoms with van der Waals surface area (Å²) in [6.45, 7) is 2.70. The van der Waals surface area contributed by atoms with Crippen molar-refractivity contribution in [3.8, 4) is 0 Å². The van der Waals surface area contributed by atoms with Crippen LogP contribution < -0.4 is 5.32 Å². The summed E-state index contributed by atoms with van der Waals surface area (Å²) in [7, 11) is 0. The molecule has 1 N–H and O–H groups in total. The molecule has 1 aliphatic rings. The van der Waals surface area contributed by atoms with Gasteiger partial charge in [0.2, 0.25) is 0 Å². The van der Waals surface area contributed by atoms with E-state index >= 15 is 0 Å². The molecule has 0 bridgehead atoms. The van der Waals surface area contributed by atoms with Crippen LogP contribution in [0, 0.1) is 5.82 Å². The Hall–Kier alpha value is -1.22. The van der Waals surface area contributed by atoms with Gasteiger partial charge >= 0.3 is 0 Å². The third kappa shape index (κ3) is 1.79. The first-order chi connectivity index (χ1) is 7.13. The van der Waals surface area contributed by atoms with Gasteiger partial charge in [0, 0.05) is 6.42 Å². The van der Waals surface area contributed by atoms with Gasteiger partial charge < -0.3 is 5.32 Å². The maximum atomic E-state index is 12.8. The van der Waals surface area contributed by atoms with Crippen molar-refractivity contribution in [3.05, 3.63) is 35.6 Å². The summed E-state index contributed by atoms with van der Waals surface area (Å²) in [5.41, 5.74) is 0.208. The van der Waals surface area contributed by atoms with Gasteiger partial charge in [0.25, 0.3) is 0 Å². The van der Waals surface area contributed by atoms with Gasteiger partial charge in [-0.2, -0.15) is 0 Å². The van der Waals surface area contributed by atoms with Gasteiger partial charge in [0.05, 0.1) is 0 Å². The fourth-order valence-electron chi connectivity index (χ4n) is 1.98. The number of carbonyl (C=O) groups excluding carboxylic acids is 1. The largest absolute Gasteiger partial charge is 0.301 e. The van der Waals surface area contributed by atoms with Crippen molar-refractivity contribution < 1.29 is 9.18 Å². The summed E-state index contributed by atoms with van der Waals surface area (Å²) >= 11 is 0. The standard InChI is InChI=1S/C12H14FNO/c1-12(11(15)3-2-8-14-12)9-4-6-10(13)7-5-9/h4-7,14H,2-3,8H2,1H3. The molecule has 1 atom stereocenters. The van der Waals surface area contributed by atoms with Crippen LogP contribution in [-0.4, -0.2) is 12.3 Å². The van der Waals surface area contributed by atoms with Gasteiger partial charge in [-0.25, -0.2) is 4.39 Å². The second-order valence-corrected chi connectivity index (χ2v) is 4.09. The van der Waals surface area contributed by atoms with Crippen LogP contribution in [0.25, 0.3) is 0 Å². The molecule has 1 heterocycles. The summed E-state index contributed by atoms with van der Waals surface area (Å²) in [4.78, 5) is 11.8. The molecule has 15 heavy (non-hydrogen) atoms. The molecule has 0 radical (unpaired) electrons. The van der Waals surface area contributed by atoms with Crippen molar-refractivity contribution in [2.45, 2.75) is 25.3 Å². The van der Waals surface area contributed by atoms with Crippen LogP contribution in [0.2, 0.25) is 0 Å². The molecule has 3 heteroatoms. The van der Waals surface area contributed by atoms with Crippen molar-refractivity contribution in [1.82, 2.24) is 5.32 Å². The van der Waals surface area contributed by atoms with Gasteiger partial charge in [0.15, 0.2) is 5.78 Å². The second kappa shape index (κ2) is 3.74. The van der Waals surface area contributed by atoms with E-state index in [9.17, 15) is 9.18 Å². The molecule has 0 saturated carbocycles. The minimum absolute atomic E-state index is 0.181. The molecule has 1 aromatic carbocycles. The van der Waals surface area contributed by atoms with E-state index in [2.05, 4.69) is 5.32 Å². The van der Waals surface area contributed by atoms with E-state index in [1.165, 1.54) is 12.1 Å². The van der Waals surface area contributed by atoms with Crippen molar-refractivity contribution in [1.29, 1.82) is 0 Å². The Bertz CT molecular complexity index is 374. The van der Waals surface area contributed by atoms with Crippen LogP contribution in [0.15, 0.2) is 24.3 Å². The maximum absolute atomic E-state index is 12.8. The molecule has 0 amide bonds. The normalized spacial score (nSPS) is 26.7. The highest BCUT2D eigenvalue weighted by Crippen LogP contribution is 2.26. The average Bonchev–Trinajstić information content (AvgIpc) is 2.23. The summed E-state index contributed by atoms with van der Waals surface area (Å²) in [6.07, 6.45) is 1.48. The third-order valence-electron chi connectivity index (χ3n) is 3.04. The lowest BCUT2D eigenvalue weighted by Gasteiger charge is -2.33. The zero-order chi connectivity index (χ0) is 10.9. The summed E-state index contributed by atoms with van der Waals surface area (Å²) in [6, 6.07) is 6.13. The fraction of sp³-hybridized carbons (Fsp3) is 0.417. The predicted octanol–water partition coefficient (Wildman–Crippen LogP) is 1.99. The number of nitrogens with one attached hydrogen (secondary N) is 1. The lowest BCUT2D eigenvalue weighted by Crippen LogP contribution is -2.50. The Morgan fingerprint density at radius 1 is 1.33 bits per heavy atom. The number of rotatable bonds is 1. The first-order valence-corrected chi connectivity index (χ1v) is 5.17. The van der Waals surface area contributed by atoms with Crippen molar-refractivity contribution in [2.24, 2.45) is 0 Å². The molecule has 80 valence electrons. The SMILES string of the molecule is CC1(c2ccc(F)cc2)NCCCC1=O. The van der Waals surface area contributed by atoms with Gasteiger partial charge in [0.1, 0.15) is 11.4 Å². The fourth-order valence-corrected chi connectivity index (χ4v) is 1.98. The van der Waals surface area contributed by atoms with Crippen LogP contribution in [0.4, 0.5) is 4.39 Å². The van der Waals surface area contributed by atoms with Crippen molar-refractivity contribution in [3.63, 3.8) is 0 Å². The summed E-state index contributed by atoms with van der Waals surface area (Å²) in [5.74, 6) is -0.0917. The van der Waals surface area contributed by atoms with E-state index in [1.54, 1.807) is 12.1 Å². The number of ketones is 1. The summed E-state index contributed by atoms with van der Waals surface area (Å²) < 4.78 is 12.8. The Morgan fingerprint density at radius 2 is 2.00 bits per heavy atom. The van der Waals surface area contributed by atoms with Crippen LogP contribution >= 0.6 is 0 Å². The monoisotopic (exact) mass is 207 g/mol. The Morgan fingerprint density at radius 3 is 2.60 bits per heavy atom. The Kier molecular flexibility index (Phi) is 2.57. The minimum atomic E-state index is -0.633. The van der Waals surface area contributed by atoms with Gasteiger partial charge in [-0.1, -0.05) is 12.1 Å². The van der Waals surface area contributed by atoms with Crippen LogP contribution in [0.3, 0.4) is 0 Å². The first kappa shape index (κ1) is 10.3. The number of halogens is 1. The smallest absolute Gasteiger partial charge is 0.157 e. The molecule has 0 spiro atoms. The van der Waals surface area contributed by atoms with E-state index in [4.69, 9.17) is 0 Å². The zero-order valence-electron chi connectivity index (χ0n) is 8.72. The molecule has 2 rings (SSSR count). The van der Waals surface area contributed by atoms with Crippen molar-refractivity contribution >= 4 is 5.78 Å². The predicted molar refractivity (Wildman–Crippen MR) is 56.0 cm³/mol. The van der Waals surface area contributed by atoms with E-state index in [0.717, 1.165) is 18.5 Å². The molecule has 2 nitrogen and oxygen atoms in total. The molecular weight excluding hydrogens is 193 g/mol.